The fourth-order valence-corrected chi connectivity index (χ4v) is 2.69. The molecule has 0 unspecified atom stereocenters. The maximum absolute atomic E-state index is 11.8. The highest BCUT2D eigenvalue weighted by molar-refractivity contribution is 7.11. The fraction of sp³-hybridized carbons (Fsp3) is 0.462. The number of hydrogen-bond donors (Lipinski definition) is 0. The van der Waals surface area contributed by atoms with Gasteiger partial charge in [0.15, 0.2) is 5.78 Å². The minimum absolute atomic E-state index is 0.170. The third kappa shape index (κ3) is 2.42. The van der Waals surface area contributed by atoms with Crippen LogP contribution in [0.15, 0.2) is 23.1 Å². The Balaban J connectivity index is 2.30. The van der Waals surface area contributed by atoms with Crippen molar-refractivity contribution in [2.75, 3.05) is 13.2 Å². The second-order valence-corrected chi connectivity index (χ2v) is 4.90. The monoisotopic (exact) mass is 236 g/mol. The van der Waals surface area contributed by atoms with Gasteiger partial charge in [-0.25, -0.2) is 0 Å². The summed E-state index contributed by atoms with van der Waals surface area (Å²) in [5.74, 6) is 0.170. The van der Waals surface area contributed by atoms with Crippen molar-refractivity contribution in [1.82, 2.24) is 0 Å². The zero-order chi connectivity index (χ0) is 11.4. The molecule has 2 heterocycles. The molecule has 2 rings (SSSR count). The summed E-state index contributed by atoms with van der Waals surface area (Å²) in [5.41, 5.74) is 2.11. The van der Waals surface area contributed by atoms with E-state index in [-0.39, 0.29) is 12.4 Å². The summed E-state index contributed by atoms with van der Waals surface area (Å²) in [5, 5.41) is 2.04. The van der Waals surface area contributed by atoms with Gasteiger partial charge >= 0.3 is 0 Å². The van der Waals surface area contributed by atoms with Crippen LogP contribution < -0.4 is 0 Å². The molecule has 0 amide bonds. The van der Waals surface area contributed by atoms with Gasteiger partial charge in [0.2, 0.25) is 0 Å². The Bertz CT molecular complexity index is 390. The molecule has 1 aromatic rings. The van der Waals surface area contributed by atoms with Crippen molar-refractivity contribution in [2.45, 2.75) is 26.2 Å². The first-order valence-electron chi connectivity index (χ1n) is 5.69. The Morgan fingerprint density at radius 1 is 1.44 bits per heavy atom. The third-order valence-electron chi connectivity index (χ3n) is 2.78. The van der Waals surface area contributed by atoms with Crippen molar-refractivity contribution in [3.8, 4) is 0 Å². The number of ether oxygens (including phenoxy) is 1. The number of hydrogen-bond acceptors (Lipinski definition) is 3. The van der Waals surface area contributed by atoms with E-state index in [1.807, 2.05) is 11.4 Å². The van der Waals surface area contributed by atoms with E-state index in [1.54, 1.807) is 11.3 Å². The Morgan fingerprint density at radius 3 is 3.00 bits per heavy atom. The summed E-state index contributed by atoms with van der Waals surface area (Å²) in [4.78, 5) is 13.0. The first-order chi connectivity index (χ1) is 7.83. The molecule has 0 saturated carbocycles. The molecule has 0 saturated heterocycles. The molecule has 0 aliphatic carbocycles. The van der Waals surface area contributed by atoms with Gasteiger partial charge in [0, 0.05) is 16.0 Å². The summed E-state index contributed by atoms with van der Waals surface area (Å²) in [6.07, 6.45) is 3.09. The maximum atomic E-state index is 11.8. The molecule has 0 fully saturated rings. The molecule has 1 aliphatic heterocycles. The van der Waals surface area contributed by atoms with Crippen LogP contribution in [0.4, 0.5) is 0 Å². The van der Waals surface area contributed by atoms with Crippen molar-refractivity contribution < 1.29 is 9.53 Å². The minimum atomic E-state index is 0.170. The second kappa shape index (κ2) is 5.41. The van der Waals surface area contributed by atoms with Gasteiger partial charge in [-0.1, -0.05) is 19.4 Å². The van der Waals surface area contributed by atoms with Gasteiger partial charge in [0.25, 0.3) is 0 Å². The van der Waals surface area contributed by atoms with E-state index in [9.17, 15) is 4.79 Å². The normalized spacial score (nSPS) is 16.9. The first-order valence-corrected chi connectivity index (χ1v) is 6.57. The van der Waals surface area contributed by atoms with Crippen LogP contribution in [0.2, 0.25) is 0 Å². The average molecular weight is 236 g/mol. The molecule has 86 valence electrons. The number of carbonyl (C=O) groups excluding carboxylic acids is 1. The van der Waals surface area contributed by atoms with Crippen molar-refractivity contribution in [1.29, 1.82) is 0 Å². The van der Waals surface area contributed by atoms with Crippen LogP contribution in [0, 0.1) is 0 Å². The van der Waals surface area contributed by atoms with E-state index >= 15 is 0 Å². The molecule has 0 radical (unpaired) electrons. The van der Waals surface area contributed by atoms with E-state index < -0.39 is 0 Å². The molecule has 3 heteroatoms. The first kappa shape index (κ1) is 11.6. The molecule has 1 aliphatic rings. The standard InChI is InChI=1S/C13H16O2S/c1-2-3-5-10-11(8-15-9-12(10)14)13-6-4-7-16-13/h4,6-7H,2-3,5,8-9H2,1H3. The maximum Gasteiger partial charge on any atom is 0.184 e. The van der Waals surface area contributed by atoms with Crippen molar-refractivity contribution in [3.63, 3.8) is 0 Å². The van der Waals surface area contributed by atoms with E-state index in [1.165, 1.54) is 4.88 Å². The molecule has 2 nitrogen and oxygen atoms in total. The van der Waals surface area contributed by atoms with Crippen LogP contribution in [0.25, 0.3) is 5.57 Å². The molecule has 0 N–H and O–H groups in total. The van der Waals surface area contributed by atoms with Crippen LogP contribution in [-0.4, -0.2) is 19.0 Å². The fourth-order valence-electron chi connectivity index (χ4n) is 1.90. The number of carbonyl (C=O) groups is 1. The van der Waals surface area contributed by atoms with E-state index in [0.717, 1.165) is 30.4 Å². The molecule has 1 aromatic heterocycles. The molecule has 16 heavy (non-hydrogen) atoms. The molecule has 0 bridgehead atoms. The highest BCUT2D eigenvalue weighted by Gasteiger charge is 2.21. The molecular weight excluding hydrogens is 220 g/mol. The summed E-state index contributed by atoms with van der Waals surface area (Å²) in [6.45, 7) is 2.99. The predicted molar refractivity (Wildman–Crippen MR) is 66.6 cm³/mol. The summed E-state index contributed by atoms with van der Waals surface area (Å²) in [7, 11) is 0. The lowest BCUT2D eigenvalue weighted by Crippen LogP contribution is -2.20. The van der Waals surface area contributed by atoms with Crippen molar-refractivity contribution >= 4 is 22.7 Å². The SMILES string of the molecule is CCCCC1=C(c2cccs2)COCC1=O. The van der Waals surface area contributed by atoms with E-state index in [2.05, 4.69) is 13.0 Å². The van der Waals surface area contributed by atoms with Gasteiger partial charge in [0.1, 0.15) is 6.61 Å². The summed E-state index contributed by atoms with van der Waals surface area (Å²) in [6, 6.07) is 4.08. The van der Waals surface area contributed by atoms with Gasteiger partial charge in [-0.2, -0.15) is 0 Å². The number of unbranched alkanes of at least 4 members (excludes halogenated alkanes) is 1. The highest BCUT2D eigenvalue weighted by atomic mass is 32.1. The number of rotatable bonds is 4. The van der Waals surface area contributed by atoms with Crippen LogP contribution in [0.1, 0.15) is 31.1 Å². The van der Waals surface area contributed by atoms with Crippen LogP contribution in [0.3, 0.4) is 0 Å². The largest absolute Gasteiger partial charge is 0.369 e. The minimum Gasteiger partial charge on any atom is -0.369 e. The van der Waals surface area contributed by atoms with Crippen molar-refractivity contribution in [2.24, 2.45) is 0 Å². The van der Waals surface area contributed by atoms with Gasteiger partial charge < -0.3 is 4.74 Å². The van der Waals surface area contributed by atoms with Gasteiger partial charge in [0.05, 0.1) is 6.61 Å². The molecule has 0 atom stereocenters. The van der Waals surface area contributed by atoms with E-state index in [4.69, 9.17) is 4.74 Å². The highest BCUT2D eigenvalue weighted by Crippen LogP contribution is 2.29. The summed E-state index contributed by atoms with van der Waals surface area (Å²) < 4.78 is 5.33. The Labute approximate surface area is 99.9 Å². The zero-order valence-electron chi connectivity index (χ0n) is 9.49. The lowest BCUT2D eigenvalue weighted by Gasteiger charge is -2.19. The third-order valence-corrected chi connectivity index (χ3v) is 3.71. The Morgan fingerprint density at radius 2 is 2.31 bits per heavy atom. The Kier molecular flexibility index (Phi) is 3.91. The van der Waals surface area contributed by atoms with Crippen molar-refractivity contribution in [3.05, 3.63) is 28.0 Å². The van der Waals surface area contributed by atoms with Crippen LogP contribution in [0.5, 0.6) is 0 Å². The zero-order valence-corrected chi connectivity index (χ0v) is 10.3. The predicted octanol–water partition coefficient (Wildman–Crippen LogP) is 3.29. The van der Waals surface area contributed by atoms with Gasteiger partial charge in [-0.3, -0.25) is 4.79 Å². The quantitative estimate of drug-likeness (QED) is 0.802. The van der Waals surface area contributed by atoms with Gasteiger partial charge in [-0.05, 0) is 24.3 Å². The smallest absolute Gasteiger partial charge is 0.184 e. The molecule has 0 spiro atoms. The average Bonchev–Trinajstić information content (AvgIpc) is 2.80. The van der Waals surface area contributed by atoms with E-state index in [0.29, 0.717) is 6.61 Å². The number of ketones is 1. The summed E-state index contributed by atoms with van der Waals surface area (Å²) >= 11 is 1.68. The number of Topliss-reactive ketones (excluding diaryl/α,β-unsaturated/α-hetero) is 1. The van der Waals surface area contributed by atoms with Crippen LogP contribution in [-0.2, 0) is 9.53 Å². The second-order valence-electron chi connectivity index (χ2n) is 3.95. The lowest BCUT2D eigenvalue weighted by molar-refractivity contribution is -0.120. The lowest BCUT2D eigenvalue weighted by atomic mass is 9.96. The molecular formula is C13H16O2S. The molecule has 0 aromatic carbocycles. The van der Waals surface area contributed by atoms with Gasteiger partial charge in [-0.15, -0.1) is 11.3 Å². The number of thiophene rings is 1. The Hall–Kier alpha value is -0.930. The topological polar surface area (TPSA) is 26.3 Å². The van der Waals surface area contributed by atoms with Crippen LogP contribution >= 0.6 is 11.3 Å².